The van der Waals surface area contributed by atoms with Crippen molar-refractivity contribution in [3.05, 3.63) is 49.7 Å². The molecule has 6 nitrogen and oxygen atoms in total. The van der Waals surface area contributed by atoms with E-state index in [0.717, 1.165) is 11.4 Å². The number of hydrogen-bond donors (Lipinski definition) is 1. The van der Waals surface area contributed by atoms with Crippen LogP contribution in [-0.4, -0.2) is 9.91 Å². The lowest BCUT2D eigenvalue weighted by molar-refractivity contribution is -0.385. The highest BCUT2D eigenvalue weighted by atomic mass is 127. The van der Waals surface area contributed by atoms with E-state index in [-0.39, 0.29) is 5.69 Å². The van der Waals surface area contributed by atoms with Crippen molar-refractivity contribution >= 4 is 34.0 Å². The van der Waals surface area contributed by atoms with E-state index in [1.54, 1.807) is 18.3 Å². The van der Waals surface area contributed by atoms with Gasteiger partial charge in [-0.1, -0.05) is 0 Å². The third-order valence-electron chi connectivity index (χ3n) is 2.26. The fourth-order valence-electron chi connectivity index (χ4n) is 1.43. The number of nitro benzene ring substituents is 1. The van der Waals surface area contributed by atoms with E-state index < -0.39 is 4.92 Å². The average molecular weight is 359 g/mol. The van der Waals surface area contributed by atoms with E-state index in [1.807, 2.05) is 29.5 Å². The molecule has 1 N–H and O–H groups in total. The zero-order chi connectivity index (χ0) is 13.1. The minimum Gasteiger partial charge on any atom is -0.444 e. The molecule has 0 fully saturated rings. The number of anilines is 1. The summed E-state index contributed by atoms with van der Waals surface area (Å²) >= 11 is 1.94. The maximum atomic E-state index is 10.7. The number of nitrogens with one attached hydrogen (secondary N) is 1. The second-order valence-corrected chi connectivity index (χ2v) is 4.80. The van der Waals surface area contributed by atoms with Crippen LogP contribution in [0.15, 0.2) is 28.8 Å². The third-order valence-corrected chi connectivity index (χ3v) is 3.12. The molecule has 0 aliphatic heterocycles. The SMILES string of the molecule is Cc1cnc(CNc2ccc([N+](=O)[O-])c(I)c2)o1. The molecule has 18 heavy (non-hydrogen) atoms. The van der Waals surface area contributed by atoms with Gasteiger partial charge in [0.15, 0.2) is 0 Å². The molecule has 0 atom stereocenters. The summed E-state index contributed by atoms with van der Waals surface area (Å²) in [5, 5.41) is 13.8. The summed E-state index contributed by atoms with van der Waals surface area (Å²) in [6.45, 7) is 2.27. The maximum Gasteiger partial charge on any atom is 0.282 e. The standard InChI is InChI=1S/C11H10IN3O3/c1-7-5-14-11(18-7)6-13-8-2-3-10(15(16)17)9(12)4-8/h2-5,13H,6H2,1H3. The maximum absolute atomic E-state index is 10.7. The second-order valence-electron chi connectivity index (χ2n) is 3.64. The van der Waals surface area contributed by atoms with Crippen LogP contribution in [0.2, 0.25) is 0 Å². The minimum atomic E-state index is -0.400. The van der Waals surface area contributed by atoms with Gasteiger partial charge in [0.05, 0.1) is 21.2 Å². The first-order chi connectivity index (χ1) is 8.56. The van der Waals surface area contributed by atoms with Crippen LogP contribution >= 0.6 is 22.6 Å². The van der Waals surface area contributed by atoms with Gasteiger partial charge in [0.25, 0.3) is 5.69 Å². The summed E-state index contributed by atoms with van der Waals surface area (Å²) < 4.78 is 5.90. The molecule has 2 rings (SSSR count). The highest BCUT2D eigenvalue weighted by molar-refractivity contribution is 14.1. The Morgan fingerprint density at radius 3 is 2.89 bits per heavy atom. The first kappa shape index (κ1) is 12.8. The van der Waals surface area contributed by atoms with Gasteiger partial charge in [-0.15, -0.1) is 0 Å². The van der Waals surface area contributed by atoms with Gasteiger partial charge >= 0.3 is 0 Å². The van der Waals surface area contributed by atoms with Crippen molar-refractivity contribution in [3.8, 4) is 0 Å². The molecule has 1 heterocycles. The first-order valence-electron chi connectivity index (χ1n) is 5.15. The molecule has 0 radical (unpaired) electrons. The molecule has 7 heteroatoms. The van der Waals surface area contributed by atoms with Crippen molar-refractivity contribution in [1.82, 2.24) is 4.98 Å². The van der Waals surface area contributed by atoms with Crippen LogP contribution in [-0.2, 0) is 6.54 Å². The molecule has 94 valence electrons. The summed E-state index contributed by atoms with van der Waals surface area (Å²) in [6.07, 6.45) is 1.65. The predicted molar refractivity (Wildman–Crippen MR) is 74.4 cm³/mol. The fraction of sp³-hybridized carbons (Fsp3) is 0.182. The lowest BCUT2D eigenvalue weighted by atomic mass is 10.3. The summed E-state index contributed by atoms with van der Waals surface area (Å²) in [4.78, 5) is 14.3. The number of rotatable bonds is 4. The van der Waals surface area contributed by atoms with E-state index in [0.29, 0.717) is 16.0 Å². The van der Waals surface area contributed by atoms with Crippen molar-refractivity contribution in [2.24, 2.45) is 0 Å². The number of nitrogens with zero attached hydrogens (tertiary/aromatic N) is 2. The van der Waals surface area contributed by atoms with Gasteiger partial charge in [0.2, 0.25) is 5.89 Å². The van der Waals surface area contributed by atoms with Crippen LogP contribution in [0.25, 0.3) is 0 Å². The van der Waals surface area contributed by atoms with Gasteiger partial charge in [0.1, 0.15) is 5.76 Å². The first-order valence-corrected chi connectivity index (χ1v) is 6.23. The molecular formula is C11H10IN3O3. The van der Waals surface area contributed by atoms with Crippen molar-refractivity contribution in [2.45, 2.75) is 13.5 Å². The van der Waals surface area contributed by atoms with Gasteiger partial charge < -0.3 is 9.73 Å². The van der Waals surface area contributed by atoms with Gasteiger partial charge in [-0.3, -0.25) is 10.1 Å². The molecule has 0 aliphatic rings. The second kappa shape index (κ2) is 5.34. The molecule has 0 spiro atoms. The summed E-state index contributed by atoms with van der Waals surface area (Å²) in [5.41, 5.74) is 0.897. The van der Waals surface area contributed by atoms with E-state index in [9.17, 15) is 10.1 Å². The smallest absolute Gasteiger partial charge is 0.282 e. The number of halogens is 1. The Bertz CT molecular complexity index is 583. The average Bonchev–Trinajstić information content (AvgIpc) is 2.72. The van der Waals surface area contributed by atoms with Crippen molar-refractivity contribution in [1.29, 1.82) is 0 Å². The summed E-state index contributed by atoms with van der Waals surface area (Å²) in [5.74, 6) is 1.34. The van der Waals surface area contributed by atoms with E-state index in [4.69, 9.17) is 4.42 Å². The van der Waals surface area contributed by atoms with Crippen LogP contribution in [0.3, 0.4) is 0 Å². The number of hydrogen-bond acceptors (Lipinski definition) is 5. The lowest BCUT2D eigenvalue weighted by Gasteiger charge is -2.04. The molecular weight excluding hydrogens is 349 g/mol. The van der Waals surface area contributed by atoms with Crippen LogP contribution in [0.1, 0.15) is 11.7 Å². The Kier molecular flexibility index (Phi) is 3.80. The lowest BCUT2D eigenvalue weighted by Crippen LogP contribution is -2.00. The fourth-order valence-corrected chi connectivity index (χ4v) is 2.14. The van der Waals surface area contributed by atoms with Crippen LogP contribution in [0.4, 0.5) is 11.4 Å². The van der Waals surface area contributed by atoms with Gasteiger partial charge in [-0.05, 0) is 41.6 Å². The predicted octanol–water partition coefficient (Wildman–Crippen LogP) is 3.11. The molecule has 0 amide bonds. The number of benzene rings is 1. The molecule has 1 aromatic heterocycles. The quantitative estimate of drug-likeness (QED) is 0.515. The molecule has 0 saturated heterocycles. The largest absolute Gasteiger partial charge is 0.444 e. The molecule has 0 aliphatic carbocycles. The van der Waals surface area contributed by atoms with Crippen LogP contribution < -0.4 is 5.32 Å². The molecule has 2 aromatic rings. The number of aryl methyl sites for hydroxylation is 1. The minimum absolute atomic E-state index is 0.105. The molecule has 0 bridgehead atoms. The van der Waals surface area contributed by atoms with Crippen LogP contribution in [0, 0.1) is 20.6 Å². The van der Waals surface area contributed by atoms with E-state index >= 15 is 0 Å². The van der Waals surface area contributed by atoms with E-state index in [2.05, 4.69) is 10.3 Å². The zero-order valence-electron chi connectivity index (χ0n) is 9.51. The van der Waals surface area contributed by atoms with Gasteiger partial charge in [-0.25, -0.2) is 4.98 Å². The Morgan fingerprint density at radius 1 is 1.56 bits per heavy atom. The normalized spacial score (nSPS) is 10.3. The summed E-state index contributed by atoms with van der Waals surface area (Å²) in [7, 11) is 0. The van der Waals surface area contributed by atoms with Crippen molar-refractivity contribution in [2.75, 3.05) is 5.32 Å². The topological polar surface area (TPSA) is 81.2 Å². The van der Waals surface area contributed by atoms with Crippen molar-refractivity contribution in [3.63, 3.8) is 0 Å². The Labute approximate surface area is 117 Å². The highest BCUT2D eigenvalue weighted by Gasteiger charge is 2.11. The molecule has 0 saturated carbocycles. The Morgan fingerprint density at radius 2 is 2.33 bits per heavy atom. The Hall–Kier alpha value is -1.64. The number of aromatic nitrogens is 1. The monoisotopic (exact) mass is 359 g/mol. The number of oxazole rings is 1. The highest BCUT2D eigenvalue weighted by Crippen LogP contribution is 2.24. The molecule has 0 unspecified atom stereocenters. The zero-order valence-corrected chi connectivity index (χ0v) is 11.7. The van der Waals surface area contributed by atoms with Gasteiger partial charge in [0, 0.05) is 11.8 Å². The van der Waals surface area contributed by atoms with E-state index in [1.165, 1.54) is 6.07 Å². The van der Waals surface area contributed by atoms with Crippen LogP contribution in [0.5, 0.6) is 0 Å². The summed E-state index contributed by atoms with van der Waals surface area (Å²) in [6, 6.07) is 4.86. The third kappa shape index (κ3) is 2.97. The molecule has 1 aromatic carbocycles. The number of nitro groups is 1. The Balaban J connectivity index is 2.06. The van der Waals surface area contributed by atoms with Gasteiger partial charge in [-0.2, -0.15) is 0 Å². The van der Waals surface area contributed by atoms with Crippen molar-refractivity contribution < 1.29 is 9.34 Å².